The fourth-order valence-corrected chi connectivity index (χ4v) is 3.25. The molecule has 0 N–H and O–H groups in total. The first-order valence-corrected chi connectivity index (χ1v) is 11.5. The van der Waals surface area contributed by atoms with Gasteiger partial charge in [-0.1, -0.05) is 112 Å². The van der Waals surface area contributed by atoms with Gasteiger partial charge in [-0.15, -0.1) is 0 Å². The van der Waals surface area contributed by atoms with Gasteiger partial charge in [0.25, 0.3) is 0 Å². The molecule has 0 radical (unpaired) electrons. The number of alkyl halides is 1. The second-order valence-electron chi connectivity index (χ2n) is 6.75. The van der Waals surface area contributed by atoms with Crippen molar-refractivity contribution < 1.29 is 0 Å². The number of nitrogens with zero attached hydrogens (tertiary/aromatic N) is 3. The summed E-state index contributed by atoms with van der Waals surface area (Å²) in [6.45, 7) is 2.28. The fraction of sp³-hybridized carbons (Fsp3) is 0.636. The Balaban J connectivity index is 0.000000269. The molecule has 0 aliphatic carbocycles. The highest BCUT2D eigenvalue weighted by atomic mass is 79.9. The molecular formula is C22H36BrN3. The number of benzene rings is 1. The van der Waals surface area contributed by atoms with E-state index in [-0.39, 0.29) is 0 Å². The maximum absolute atomic E-state index is 3.99. The molecule has 0 saturated carbocycles. The number of aromatic nitrogens is 3. The predicted octanol–water partition coefficient (Wildman–Crippen LogP) is 7.35. The third kappa shape index (κ3) is 12.2. The summed E-state index contributed by atoms with van der Waals surface area (Å²) in [4.78, 5) is 3.85. The van der Waals surface area contributed by atoms with E-state index >= 15 is 0 Å². The minimum absolute atomic E-state index is 1.03. The van der Waals surface area contributed by atoms with Crippen LogP contribution >= 0.6 is 15.9 Å². The topological polar surface area (TPSA) is 30.7 Å². The van der Waals surface area contributed by atoms with Gasteiger partial charge in [0, 0.05) is 5.33 Å². The fourth-order valence-electron chi connectivity index (χ4n) is 2.86. The molecule has 0 bridgehead atoms. The highest BCUT2D eigenvalue weighted by Gasteiger charge is 1.93. The van der Waals surface area contributed by atoms with E-state index in [1.54, 1.807) is 11.0 Å². The zero-order valence-electron chi connectivity index (χ0n) is 16.5. The number of hydrogen-bond donors (Lipinski definition) is 0. The SMILES string of the molecule is CCCCCCCCCCCCCCBr.c1ccc(-n2cncn2)cc1. The van der Waals surface area contributed by atoms with E-state index in [1.807, 2.05) is 30.3 Å². The van der Waals surface area contributed by atoms with Gasteiger partial charge in [-0.25, -0.2) is 9.67 Å². The summed E-state index contributed by atoms with van der Waals surface area (Å²) in [5.41, 5.74) is 1.03. The third-order valence-corrected chi connectivity index (χ3v) is 4.99. The van der Waals surface area contributed by atoms with E-state index in [4.69, 9.17) is 0 Å². The van der Waals surface area contributed by atoms with Crippen molar-refractivity contribution in [2.75, 3.05) is 5.33 Å². The monoisotopic (exact) mass is 421 g/mol. The van der Waals surface area contributed by atoms with Crippen LogP contribution in [0.4, 0.5) is 0 Å². The Labute approximate surface area is 168 Å². The lowest BCUT2D eigenvalue weighted by molar-refractivity contribution is 0.548. The molecule has 2 rings (SSSR count). The van der Waals surface area contributed by atoms with Crippen LogP contribution < -0.4 is 0 Å². The van der Waals surface area contributed by atoms with Crippen molar-refractivity contribution in [3.63, 3.8) is 0 Å². The number of halogens is 1. The molecule has 1 heterocycles. The van der Waals surface area contributed by atoms with E-state index in [9.17, 15) is 0 Å². The Morgan fingerprint density at radius 1 is 0.769 bits per heavy atom. The molecule has 0 aliphatic rings. The molecule has 3 nitrogen and oxygen atoms in total. The summed E-state index contributed by atoms with van der Waals surface area (Å²) < 4.78 is 1.72. The summed E-state index contributed by atoms with van der Waals surface area (Å²) in [6, 6.07) is 9.87. The van der Waals surface area contributed by atoms with Crippen molar-refractivity contribution in [3.8, 4) is 5.69 Å². The third-order valence-electron chi connectivity index (χ3n) is 4.43. The molecule has 146 valence electrons. The Kier molecular flexibility index (Phi) is 15.2. The zero-order valence-corrected chi connectivity index (χ0v) is 18.0. The van der Waals surface area contributed by atoms with E-state index < -0.39 is 0 Å². The van der Waals surface area contributed by atoms with Gasteiger partial charge in [0.2, 0.25) is 0 Å². The van der Waals surface area contributed by atoms with Crippen LogP contribution in [0.2, 0.25) is 0 Å². The molecule has 1 aromatic carbocycles. The number of rotatable bonds is 13. The maximum Gasteiger partial charge on any atom is 0.138 e. The minimum Gasteiger partial charge on any atom is -0.223 e. The molecule has 26 heavy (non-hydrogen) atoms. The van der Waals surface area contributed by atoms with E-state index in [2.05, 4.69) is 32.9 Å². The molecule has 2 aromatic rings. The average molecular weight is 422 g/mol. The van der Waals surface area contributed by atoms with Crippen LogP contribution in [0.25, 0.3) is 5.69 Å². The molecule has 0 spiro atoms. The number of para-hydroxylation sites is 1. The van der Waals surface area contributed by atoms with Crippen LogP contribution in [-0.4, -0.2) is 20.1 Å². The van der Waals surface area contributed by atoms with Crippen LogP contribution in [0.5, 0.6) is 0 Å². The molecule has 0 amide bonds. The summed E-state index contributed by atoms with van der Waals surface area (Å²) in [7, 11) is 0. The van der Waals surface area contributed by atoms with Crippen LogP contribution in [0, 0.1) is 0 Å². The van der Waals surface area contributed by atoms with Gasteiger partial charge in [0.05, 0.1) is 5.69 Å². The Bertz CT molecular complexity index is 487. The van der Waals surface area contributed by atoms with Crippen molar-refractivity contribution >= 4 is 15.9 Å². The van der Waals surface area contributed by atoms with E-state index in [1.165, 1.54) is 88.7 Å². The van der Waals surface area contributed by atoms with Gasteiger partial charge in [0.1, 0.15) is 12.7 Å². The van der Waals surface area contributed by atoms with Crippen molar-refractivity contribution in [2.45, 2.75) is 84.0 Å². The highest BCUT2D eigenvalue weighted by Crippen LogP contribution is 2.12. The van der Waals surface area contributed by atoms with E-state index in [0.29, 0.717) is 0 Å². The second-order valence-corrected chi connectivity index (χ2v) is 7.55. The van der Waals surface area contributed by atoms with Gasteiger partial charge in [-0.3, -0.25) is 0 Å². The van der Waals surface area contributed by atoms with Crippen LogP contribution in [0.3, 0.4) is 0 Å². The zero-order chi connectivity index (χ0) is 18.7. The van der Waals surface area contributed by atoms with Crippen LogP contribution in [0.15, 0.2) is 43.0 Å². The quantitative estimate of drug-likeness (QED) is 0.250. The first-order valence-electron chi connectivity index (χ1n) is 10.3. The lowest BCUT2D eigenvalue weighted by Gasteiger charge is -2.01. The summed E-state index contributed by atoms with van der Waals surface area (Å²) in [6.07, 6.45) is 20.5. The molecule has 0 aliphatic heterocycles. The Morgan fingerprint density at radius 2 is 1.31 bits per heavy atom. The first-order chi connectivity index (χ1) is 12.9. The largest absolute Gasteiger partial charge is 0.223 e. The summed E-state index contributed by atoms with van der Waals surface area (Å²) in [5, 5.41) is 5.18. The van der Waals surface area contributed by atoms with Crippen molar-refractivity contribution in [1.29, 1.82) is 0 Å². The average Bonchev–Trinajstić information content (AvgIpc) is 3.22. The predicted molar refractivity (Wildman–Crippen MR) is 116 cm³/mol. The molecule has 0 saturated heterocycles. The van der Waals surface area contributed by atoms with Gasteiger partial charge < -0.3 is 0 Å². The van der Waals surface area contributed by atoms with Crippen molar-refractivity contribution in [3.05, 3.63) is 43.0 Å². The van der Waals surface area contributed by atoms with Gasteiger partial charge in [-0.2, -0.15) is 5.10 Å². The van der Waals surface area contributed by atoms with Gasteiger partial charge in [0.15, 0.2) is 0 Å². The lowest BCUT2D eigenvalue weighted by atomic mass is 10.1. The summed E-state index contributed by atoms with van der Waals surface area (Å²) >= 11 is 3.47. The number of hydrogen-bond acceptors (Lipinski definition) is 2. The Hall–Kier alpha value is -1.16. The van der Waals surface area contributed by atoms with Gasteiger partial charge >= 0.3 is 0 Å². The van der Waals surface area contributed by atoms with Crippen molar-refractivity contribution in [2.24, 2.45) is 0 Å². The normalized spacial score (nSPS) is 10.4. The lowest BCUT2D eigenvalue weighted by Crippen LogP contribution is -1.92. The minimum atomic E-state index is 1.03. The maximum atomic E-state index is 3.99. The number of unbranched alkanes of at least 4 members (excludes halogenated alkanes) is 11. The first kappa shape index (κ1) is 22.9. The Morgan fingerprint density at radius 3 is 1.77 bits per heavy atom. The van der Waals surface area contributed by atoms with E-state index in [0.717, 1.165) is 5.69 Å². The standard InChI is InChI=1S/C14H29Br.C8H7N3/c1-2-3-4-5-6-7-8-9-10-11-12-13-14-15;1-2-4-8(5-3-1)11-7-9-6-10-11/h2-14H2,1H3;1-7H. The summed E-state index contributed by atoms with van der Waals surface area (Å²) in [5.74, 6) is 0. The van der Waals surface area contributed by atoms with Crippen LogP contribution in [-0.2, 0) is 0 Å². The smallest absolute Gasteiger partial charge is 0.138 e. The van der Waals surface area contributed by atoms with Gasteiger partial charge in [-0.05, 0) is 18.6 Å². The molecule has 1 aromatic heterocycles. The molecule has 0 fully saturated rings. The second kappa shape index (κ2) is 17.3. The molecule has 0 atom stereocenters. The molecule has 0 unspecified atom stereocenters. The molecule has 4 heteroatoms. The molecular weight excluding hydrogens is 386 g/mol. The highest BCUT2D eigenvalue weighted by molar-refractivity contribution is 9.09. The van der Waals surface area contributed by atoms with Crippen LogP contribution in [0.1, 0.15) is 84.0 Å². The van der Waals surface area contributed by atoms with Crippen molar-refractivity contribution in [1.82, 2.24) is 14.8 Å².